The molecule has 0 aliphatic heterocycles. The van der Waals surface area contributed by atoms with Crippen molar-refractivity contribution in [2.24, 2.45) is 11.7 Å². The molecule has 1 aliphatic rings. The van der Waals surface area contributed by atoms with Crippen LogP contribution in [-0.4, -0.2) is 11.7 Å². The molecule has 3 nitrogen and oxygen atoms in total. The SMILES string of the molecule is NC(=O)C1Cc2c(Cc3ccccc3)cccc2C1=O. The summed E-state index contributed by atoms with van der Waals surface area (Å²) >= 11 is 0. The lowest BCUT2D eigenvalue weighted by molar-refractivity contribution is -0.120. The van der Waals surface area contributed by atoms with Gasteiger partial charge in [-0.3, -0.25) is 9.59 Å². The fraction of sp³-hybridized carbons (Fsp3) is 0.176. The van der Waals surface area contributed by atoms with Crippen molar-refractivity contribution in [1.29, 1.82) is 0 Å². The summed E-state index contributed by atoms with van der Waals surface area (Å²) in [7, 11) is 0. The van der Waals surface area contributed by atoms with Gasteiger partial charge in [0.2, 0.25) is 5.91 Å². The second-order valence-electron chi connectivity index (χ2n) is 5.13. The lowest BCUT2D eigenvalue weighted by atomic mass is 9.97. The number of primary amides is 1. The summed E-state index contributed by atoms with van der Waals surface area (Å²) in [5, 5.41) is 0. The van der Waals surface area contributed by atoms with E-state index in [0.717, 1.165) is 17.5 Å². The summed E-state index contributed by atoms with van der Waals surface area (Å²) in [6.07, 6.45) is 1.20. The second kappa shape index (κ2) is 4.93. The number of rotatable bonds is 3. The molecular formula is C17H15NO2. The minimum absolute atomic E-state index is 0.137. The molecule has 1 aliphatic carbocycles. The normalized spacial score (nSPS) is 17.0. The summed E-state index contributed by atoms with van der Waals surface area (Å²) in [6.45, 7) is 0. The minimum atomic E-state index is -0.693. The maximum atomic E-state index is 12.1. The molecular weight excluding hydrogens is 250 g/mol. The van der Waals surface area contributed by atoms with Crippen LogP contribution >= 0.6 is 0 Å². The first-order valence-corrected chi connectivity index (χ1v) is 6.65. The average molecular weight is 265 g/mol. The van der Waals surface area contributed by atoms with E-state index in [4.69, 9.17) is 5.73 Å². The molecule has 1 atom stereocenters. The van der Waals surface area contributed by atoms with E-state index < -0.39 is 11.8 Å². The standard InChI is InChI=1S/C17H15NO2/c18-17(20)15-10-14-12(7-4-8-13(14)16(15)19)9-11-5-2-1-3-6-11/h1-8,15H,9-10H2,(H2,18,20). The van der Waals surface area contributed by atoms with E-state index in [1.54, 1.807) is 6.07 Å². The predicted octanol–water partition coefficient (Wildman–Crippen LogP) is 2.12. The highest BCUT2D eigenvalue weighted by molar-refractivity contribution is 6.13. The number of nitrogens with two attached hydrogens (primary N) is 1. The Labute approximate surface area is 117 Å². The molecule has 1 amide bonds. The lowest BCUT2D eigenvalue weighted by Crippen LogP contribution is -2.27. The molecule has 0 heterocycles. The summed E-state index contributed by atoms with van der Waals surface area (Å²) in [5.41, 5.74) is 9.24. The number of benzene rings is 2. The smallest absolute Gasteiger partial charge is 0.228 e. The Balaban J connectivity index is 1.97. The van der Waals surface area contributed by atoms with E-state index in [2.05, 4.69) is 12.1 Å². The topological polar surface area (TPSA) is 60.2 Å². The Morgan fingerprint density at radius 3 is 2.55 bits per heavy atom. The Hall–Kier alpha value is -2.42. The molecule has 0 spiro atoms. The van der Waals surface area contributed by atoms with Gasteiger partial charge in [-0.2, -0.15) is 0 Å². The Kier molecular flexibility index (Phi) is 3.11. The van der Waals surface area contributed by atoms with Crippen LogP contribution in [0.1, 0.15) is 27.0 Å². The van der Waals surface area contributed by atoms with Gasteiger partial charge in [0.1, 0.15) is 5.92 Å². The van der Waals surface area contributed by atoms with Crippen molar-refractivity contribution in [2.75, 3.05) is 0 Å². The molecule has 0 saturated heterocycles. The monoisotopic (exact) mass is 265 g/mol. The van der Waals surface area contributed by atoms with Crippen LogP contribution in [0.4, 0.5) is 0 Å². The van der Waals surface area contributed by atoms with Crippen molar-refractivity contribution in [3.63, 3.8) is 0 Å². The third kappa shape index (κ3) is 2.11. The van der Waals surface area contributed by atoms with Gasteiger partial charge in [0.25, 0.3) is 0 Å². The molecule has 20 heavy (non-hydrogen) atoms. The van der Waals surface area contributed by atoms with E-state index in [0.29, 0.717) is 12.0 Å². The molecule has 3 heteroatoms. The number of hydrogen-bond acceptors (Lipinski definition) is 2. The van der Waals surface area contributed by atoms with Crippen LogP contribution < -0.4 is 5.73 Å². The van der Waals surface area contributed by atoms with Crippen LogP contribution in [0.2, 0.25) is 0 Å². The molecule has 2 aromatic carbocycles. The van der Waals surface area contributed by atoms with Crippen LogP contribution in [-0.2, 0) is 17.6 Å². The van der Waals surface area contributed by atoms with Crippen molar-refractivity contribution < 1.29 is 9.59 Å². The van der Waals surface area contributed by atoms with Gasteiger partial charge in [0.05, 0.1) is 0 Å². The van der Waals surface area contributed by atoms with Gasteiger partial charge in [0, 0.05) is 5.56 Å². The molecule has 2 aromatic rings. The van der Waals surface area contributed by atoms with E-state index in [1.165, 1.54) is 5.56 Å². The quantitative estimate of drug-likeness (QED) is 0.864. The number of amides is 1. The molecule has 100 valence electrons. The number of fused-ring (bicyclic) bond motifs is 1. The molecule has 0 radical (unpaired) electrons. The number of ketones is 1. The zero-order chi connectivity index (χ0) is 14.1. The fourth-order valence-electron chi connectivity index (χ4n) is 2.80. The zero-order valence-electron chi connectivity index (χ0n) is 11.0. The van der Waals surface area contributed by atoms with Gasteiger partial charge >= 0.3 is 0 Å². The number of hydrogen-bond donors (Lipinski definition) is 1. The van der Waals surface area contributed by atoms with Gasteiger partial charge in [0.15, 0.2) is 5.78 Å². The first-order chi connectivity index (χ1) is 9.66. The molecule has 0 bridgehead atoms. The van der Waals surface area contributed by atoms with Gasteiger partial charge in [-0.25, -0.2) is 0 Å². The average Bonchev–Trinajstić information content (AvgIpc) is 2.79. The van der Waals surface area contributed by atoms with E-state index in [9.17, 15) is 9.59 Å². The highest BCUT2D eigenvalue weighted by Crippen LogP contribution is 2.30. The largest absolute Gasteiger partial charge is 0.369 e. The number of carbonyl (C=O) groups excluding carboxylic acids is 2. The first kappa shape index (κ1) is 12.6. The molecule has 2 N–H and O–H groups in total. The highest BCUT2D eigenvalue weighted by Gasteiger charge is 2.35. The van der Waals surface area contributed by atoms with Crippen molar-refractivity contribution in [3.05, 3.63) is 70.8 Å². The van der Waals surface area contributed by atoms with Gasteiger partial charge < -0.3 is 5.73 Å². The zero-order valence-corrected chi connectivity index (χ0v) is 11.0. The van der Waals surface area contributed by atoms with E-state index in [1.807, 2.05) is 30.3 Å². The number of Topliss-reactive ketones (excluding diaryl/α,β-unsaturated/α-hetero) is 1. The fourth-order valence-corrected chi connectivity index (χ4v) is 2.80. The van der Waals surface area contributed by atoms with Crippen LogP contribution in [0.15, 0.2) is 48.5 Å². The summed E-state index contributed by atoms with van der Waals surface area (Å²) < 4.78 is 0. The maximum Gasteiger partial charge on any atom is 0.228 e. The van der Waals surface area contributed by atoms with E-state index >= 15 is 0 Å². The predicted molar refractivity (Wildman–Crippen MR) is 76.4 cm³/mol. The molecule has 3 rings (SSSR count). The van der Waals surface area contributed by atoms with E-state index in [-0.39, 0.29) is 5.78 Å². The summed E-state index contributed by atoms with van der Waals surface area (Å²) in [6, 6.07) is 15.8. The highest BCUT2D eigenvalue weighted by atomic mass is 16.2. The Morgan fingerprint density at radius 2 is 1.85 bits per heavy atom. The van der Waals surface area contributed by atoms with Crippen LogP contribution in [0.3, 0.4) is 0 Å². The Morgan fingerprint density at radius 1 is 1.10 bits per heavy atom. The van der Waals surface area contributed by atoms with Gasteiger partial charge in [-0.05, 0) is 29.5 Å². The van der Waals surface area contributed by atoms with Gasteiger partial charge in [-0.15, -0.1) is 0 Å². The minimum Gasteiger partial charge on any atom is -0.369 e. The third-order valence-corrected chi connectivity index (χ3v) is 3.84. The van der Waals surface area contributed by atoms with Crippen molar-refractivity contribution >= 4 is 11.7 Å². The summed E-state index contributed by atoms with van der Waals surface area (Å²) in [4.78, 5) is 23.5. The van der Waals surface area contributed by atoms with Crippen LogP contribution in [0, 0.1) is 5.92 Å². The molecule has 0 fully saturated rings. The van der Waals surface area contributed by atoms with Crippen LogP contribution in [0.5, 0.6) is 0 Å². The van der Waals surface area contributed by atoms with Crippen LogP contribution in [0.25, 0.3) is 0 Å². The van der Waals surface area contributed by atoms with Gasteiger partial charge in [-0.1, -0.05) is 48.5 Å². The Bertz CT molecular complexity index is 677. The van der Waals surface area contributed by atoms with Crippen molar-refractivity contribution in [1.82, 2.24) is 0 Å². The number of carbonyl (C=O) groups is 2. The van der Waals surface area contributed by atoms with Crippen molar-refractivity contribution in [3.8, 4) is 0 Å². The first-order valence-electron chi connectivity index (χ1n) is 6.65. The van der Waals surface area contributed by atoms with Crippen molar-refractivity contribution in [2.45, 2.75) is 12.8 Å². The second-order valence-corrected chi connectivity index (χ2v) is 5.13. The maximum absolute atomic E-state index is 12.1. The molecule has 0 aromatic heterocycles. The molecule has 0 saturated carbocycles. The molecule has 1 unspecified atom stereocenters. The summed E-state index contributed by atoms with van der Waals surface area (Å²) in [5.74, 6) is -1.36. The lowest BCUT2D eigenvalue weighted by Gasteiger charge is -2.07. The third-order valence-electron chi connectivity index (χ3n) is 3.84.